The van der Waals surface area contributed by atoms with Crippen LogP contribution in [0.25, 0.3) is 0 Å². The van der Waals surface area contributed by atoms with Gasteiger partial charge in [-0.25, -0.2) is 18.6 Å². The van der Waals surface area contributed by atoms with Crippen LogP contribution >= 0.6 is 0 Å². The molecule has 0 radical (unpaired) electrons. The van der Waals surface area contributed by atoms with Crippen molar-refractivity contribution < 1.29 is 13.6 Å². The van der Waals surface area contributed by atoms with Gasteiger partial charge in [-0.1, -0.05) is 0 Å². The van der Waals surface area contributed by atoms with Crippen molar-refractivity contribution in [2.75, 3.05) is 11.9 Å². The van der Waals surface area contributed by atoms with E-state index in [4.69, 9.17) is 0 Å². The van der Waals surface area contributed by atoms with E-state index in [0.717, 1.165) is 12.1 Å². The van der Waals surface area contributed by atoms with E-state index in [9.17, 15) is 18.4 Å². The minimum atomic E-state index is -0.867. The third-order valence-corrected chi connectivity index (χ3v) is 2.61. The predicted octanol–water partition coefficient (Wildman–Crippen LogP) is 1.34. The molecule has 1 heterocycles. The third-order valence-electron chi connectivity index (χ3n) is 2.61. The molecule has 0 aliphatic rings. The van der Waals surface area contributed by atoms with E-state index in [1.165, 1.54) is 23.2 Å². The van der Waals surface area contributed by atoms with Crippen molar-refractivity contribution in [2.24, 2.45) is 0 Å². The summed E-state index contributed by atoms with van der Waals surface area (Å²) in [5, 5.41) is 4.69. The van der Waals surface area contributed by atoms with Crippen LogP contribution in [-0.4, -0.2) is 22.1 Å². The molecule has 0 unspecified atom stereocenters. The number of carbonyl (C=O) groups excluding carboxylic acids is 1. The average Bonchev–Trinajstić information content (AvgIpc) is 2.44. The zero-order chi connectivity index (χ0) is 15.2. The van der Waals surface area contributed by atoms with Crippen molar-refractivity contribution in [3.63, 3.8) is 0 Å². The van der Waals surface area contributed by atoms with E-state index < -0.39 is 17.7 Å². The van der Waals surface area contributed by atoms with Crippen molar-refractivity contribution in [3.8, 4) is 0 Å². The molecule has 1 aromatic carbocycles. The number of carbonyl (C=O) groups is 1. The van der Waals surface area contributed by atoms with E-state index in [1.54, 1.807) is 0 Å². The SMILES string of the molecule is O=C(NCCn1cnccc1=O)Nc1ccc(F)cc1F. The standard InChI is InChI=1S/C13H12F2N4O2/c14-9-1-2-11(10(15)7-9)18-13(21)17-5-6-19-8-16-4-3-12(19)20/h1-4,7-8H,5-6H2,(H2,17,18,21). The van der Waals surface area contributed by atoms with Gasteiger partial charge in [-0.3, -0.25) is 9.36 Å². The molecular formula is C13H12F2N4O2. The van der Waals surface area contributed by atoms with Crippen LogP contribution in [0.4, 0.5) is 19.3 Å². The Kier molecular flexibility index (Phi) is 4.60. The summed E-state index contributed by atoms with van der Waals surface area (Å²) >= 11 is 0. The fourth-order valence-corrected chi connectivity index (χ4v) is 1.59. The number of nitrogens with zero attached hydrogens (tertiary/aromatic N) is 2. The van der Waals surface area contributed by atoms with Crippen LogP contribution in [0.5, 0.6) is 0 Å². The van der Waals surface area contributed by atoms with Gasteiger partial charge in [0.25, 0.3) is 5.56 Å². The minimum Gasteiger partial charge on any atom is -0.336 e. The first kappa shape index (κ1) is 14.6. The van der Waals surface area contributed by atoms with Gasteiger partial charge in [-0.15, -0.1) is 0 Å². The first-order chi connectivity index (χ1) is 10.1. The first-order valence-corrected chi connectivity index (χ1v) is 6.06. The Morgan fingerprint density at radius 1 is 1.29 bits per heavy atom. The second-order valence-corrected chi connectivity index (χ2v) is 4.12. The van der Waals surface area contributed by atoms with Crippen molar-refractivity contribution in [2.45, 2.75) is 6.54 Å². The number of benzene rings is 1. The number of hydrogen-bond donors (Lipinski definition) is 2. The number of amides is 2. The molecule has 0 spiro atoms. The molecular weight excluding hydrogens is 282 g/mol. The summed E-state index contributed by atoms with van der Waals surface area (Å²) in [6.45, 7) is 0.381. The number of nitrogens with one attached hydrogen (secondary N) is 2. The highest BCUT2D eigenvalue weighted by Gasteiger charge is 2.07. The summed E-state index contributed by atoms with van der Waals surface area (Å²) in [4.78, 5) is 26.7. The van der Waals surface area contributed by atoms with E-state index in [0.29, 0.717) is 6.07 Å². The fraction of sp³-hybridized carbons (Fsp3) is 0.154. The molecule has 1 aromatic heterocycles. The van der Waals surface area contributed by atoms with Gasteiger partial charge in [0.05, 0.1) is 12.0 Å². The monoisotopic (exact) mass is 294 g/mol. The lowest BCUT2D eigenvalue weighted by atomic mass is 10.3. The van der Waals surface area contributed by atoms with E-state index in [1.807, 2.05) is 0 Å². The lowest BCUT2D eigenvalue weighted by Gasteiger charge is -2.09. The smallest absolute Gasteiger partial charge is 0.319 e. The van der Waals surface area contributed by atoms with Gasteiger partial charge in [-0.05, 0) is 12.1 Å². The molecule has 0 bridgehead atoms. The highest BCUT2D eigenvalue weighted by Crippen LogP contribution is 2.14. The average molecular weight is 294 g/mol. The van der Waals surface area contributed by atoms with Crippen LogP contribution in [0.15, 0.2) is 41.6 Å². The zero-order valence-corrected chi connectivity index (χ0v) is 10.8. The maximum atomic E-state index is 13.3. The van der Waals surface area contributed by atoms with Gasteiger partial charge in [0.15, 0.2) is 0 Å². The molecule has 0 saturated carbocycles. The van der Waals surface area contributed by atoms with Gasteiger partial charge in [0.2, 0.25) is 0 Å². The maximum Gasteiger partial charge on any atom is 0.319 e. The number of aromatic nitrogens is 2. The van der Waals surface area contributed by atoms with Crippen molar-refractivity contribution in [1.82, 2.24) is 14.9 Å². The van der Waals surface area contributed by atoms with Crippen molar-refractivity contribution in [3.05, 3.63) is 58.8 Å². The van der Waals surface area contributed by atoms with Crippen LogP contribution in [-0.2, 0) is 6.54 Å². The Hall–Kier alpha value is -2.77. The van der Waals surface area contributed by atoms with Crippen LogP contribution in [0.1, 0.15) is 0 Å². The zero-order valence-electron chi connectivity index (χ0n) is 10.8. The van der Waals surface area contributed by atoms with Gasteiger partial charge in [-0.2, -0.15) is 0 Å². The van der Waals surface area contributed by atoms with Crippen LogP contribution in [0, 0.1) is 11.6 Å². The van der Waals surface area contributed by atoms with Crippen LogP contribution in [0.2, 0.25) is 0 Å². The summed E-state index contributed by atoms with van der Waals surface area (Å²) < 4.78 is 27.3. The molecule has 8 heteroatoms. The van der Waals surface area contributed by atoms with Gasteiger partial charge in [0.1, 0.15) is 11.6 Å². The molecule has 2 N–H and O–H groups in total. The largest absolute Gasteiger partial charge is 0.336 e. The van der Waals surface area contributed by atoms with Crippen molar-refractivity contribution >= 4 is 11.7 Å². The molecule has 0 atom stereocenters. The molecule has 21 heavy (non-hydrogen) atoms. The van der Waals surface area contributed by atoms with E-state index in [-0.39, 0.29) is 24.3 Å². The number of hydrogen-bond acceptors (Lipinski definition) is 3. The number of anilines is 1. The Bertz CT molecular complexity index is 703. The summed E-state index contributed by atoms with van der Waals surface area (Å²) in [6, 6.07) is 3.47. The molecule has 0 fully saturated rings. The fourth-order valence-electron chi connectivity index (χ4n) is 1.59. The van der Waals surface area contributed by atoms with Crippen LogP contribution < -0.4 is 16.2 Å². The quantitative estimate of drug-likeness (QED) is 0.893. The predicted molar refractivity (Wildman–Crippen MR) is 71.9 cm³/mol. The molecule has 0 aliphatic heterocycles. The van der Waals surface area contributed by atoms with E-state index in [2.05, 4.69) is 15.6 Å². The lowest BCUT2D eigenvalue weighted by molar-refractivity contribution is 0.251. The molecule has 110 valence electrons. The Balaban J connectivity index is 1.85. The lowest BCUT2D eigenvalue weighted by Crippen LogP contribution is -2.33. The van der Waals surface area contributed by atoms with Gasteiger partial charge >= 0.3 is 6.03 Å². The molecule has 2 amide bonds. The Morgan fingerprint density at radius 3 is 2.81 bits per heavy atom. The molecule has 0 saturated heterocycles. The highest BCUT2D eigenvalue weighted by molar-refractivity contribution is 5.89. The normalized spacial score (nSPS) is 10.2. The Morgan fingerprint density at radius 2 is 2.10 bits per heavy atom. The molecule has 0 aliphatic carbocycles. The number of halogens is 2. The van der Waals surface area contributed by atoms with Crippen LogP contribution in [0.3, 0.4) is 0 Å². The maximum absolute atomic E-state index is 13.3. The number of rotatable bonds is 4. The van der Waals surface area contributed by atoms with Gasteiger partial charge in [0, 0.05) is 31.4 Å². The summed E-state index contributed by atoms with van der Waals surface area (Å²) in [7, 11) is 0. The summed E-state index contributed by atoms with van der Waals surface area (Å²) in [5.74, 6) is -1.59. The molecule has 2 aromatic rings. The second kappa shape index (κ2) is 6.60. The van der Waals surface area contributed by atoms with E-state index >= 15 is 0 Å². The summed E-state index contributed by atoms with van der Waals surface area (Å²) in [6.07, 6.45) is 2.72. The molecule has 6 nitrogen and oxygen atoms in total. The molecule has 2 rings (SSSR count). The first-order valence-electron chi connectivity index (χ1n) is 6.06. The Labute approximate surface area is 118 Å². The number of urea groups is 1. The minimum absolute atomic E-state index is 0.132. The third kappa shape index (κ3) is 4.10. The van der Waals surface area contributed by atoms with Gasteiger partial charge < -0.3 is 10.6 Å². The second-order valence-electron chi connectivity index (χ2n) is 4.12. The van der Waals surface area contributed by atoms with Crippen molar-refractivity contribution in [1.29, 1.82) is 0 Å². The highest BCUT2D eigenvalue weighted by atomic mass is 19.1. The topological polar surface area (TPSA) is 76.0 Å². The summed E-state index contributed by atoms with van der Waals surface area (Å²) in [5.41, 5.74) is -0.371.